The number of halogens is 3. The van der Waals surface area contributed by atoms with Gasteiger partial charge in [0.2, 0.25) is 0 Å². The standard InChI is InChI=1S/C26H23F3O3S/c1-17-15-21(32-16-24(30)31)11-12-23(17)33-14-13-22(18-5-3-2-4-6-18)19-7-9-20(10-8-19)25(27)26(28)29/h2-13,15,25-26H,14,16H2,1H3,(H,30,31). The number of benzene rings is 3. The number of rotatable bonds is 10. The smallest absolute Gasteiger partial charge is 0.341 e. The molecule has 1 unspecified atom stereocenters. The molecule has 0 saturated heterocycles. The van der Waals surface area contributed by atoms with Crippen molar-refractivity contribution in [2.45, 2.75) is 24.4 Å². The lowest BCUT2D eigenvalue weighted by atomic mass is 9.96. The van der Waals surface area contributed by atoms with Crippen LogP contribution in [0.1, 0.15) is 28.4 Å². The van der Waals surface area contributed by atoms with Gasteiger partial charge in [-0.3, -0.25) is 0 Å². The van der Waals surface area contributed by atoms with Crippen LogP contribution in [0.3, 0.4) is 0 Å². The summed E-state index contributed by atoms with van der Waals surface area (Å²) in [6.45, 7) is 1.53. The fraction of sp³-hybridized carbons (Fsp3) is 0.192. The second-order valence-electron chi connectivity index (χ2n) is 7.26. The molecule has 172 valence electrons. The summed E-state index contributed by atoms with van der Waals surface area (Å²) < 4.78 is 44.2. The molecule has 3 aromatic carbocycles. The highest BCUT2D eigenvalue weighted by Gasteiger charge is 2.21. The van der Waals surface area contributed by atoms with Gasteiger partial charge in [0.15, 0.2) is 12.8 Å². The molecule has 0 spiro atoms. The molecule has 0 amide bonds. The molecule has 0 heterocycles. The maximum atomic E-state index is 13.7. The first-order chi connectivity index (χ1) is 15.8. The number of aryl methyl sites for hydroxylation is 1. The fourth-order valence-electron chi connectivity index (χ4n) is 3.25. The zero-order chi connectivity index (χ0) is 23.8. The monoisotopic (exact) mass is 472 g/mol. The van der Waals surface area contributed by atoms with E-state index in [1.54, 1.807) is 36.0 Å². The van der Waals surface area contributed by atoms with Crippen molar-refractivity contribution in [3.05, 3.63) is 101 Å². The molecule has 0 aliphatic heterocycles. The normalized spacial score (nSPS) is 12.6. The lowest BCUT2D eigenvalue weighted by Crippen LogP contribution is -2.09. The second-order valence-corrected chi connectivity index (χ2v) is 8.32. The highest BCUT2D eigenvalue weighted by molar-refractivity contribution is 7.99. The van der Waals surface area contributed by atoms with Crippen molar-refractivity contribution in [2.75, 3.05) is 12.4 Å². The number of hydrogen-bond acceptors (Lipinski definition) is 3. The number of hydrogen-bond donors (Lipinski definition) is 1. The van der Waals surface area contributed by atoms with E-state index < -0.39 is 25.2 Å². The Hall–Kier alpha value is -3.19. The molecular formula is C26H23F3O3S. The molecule has 0 bridgehead atoms. The van der Waals surface area contributed by atoms with Gasteiger partial charge in [0.1, 0.15) is 5.75 Å². The van der Waals surface area contributed by atoms with Crippen LogP contribution >= 0.6 is 11.8 Å². The first kappa shape index (κ1) is 24.5. The average molecular weight is 473 g/mol. The van der Waals surface area contributed by atoms with E-state index in [9.17, 15) is 18.0 Å². The predicted octanol–water partition coefficient (Wildman–Crippen LogP) is 6.96. The number of carbonyl (C=O) groups is 1. The molecule has 3 nitrogen and oxygen atoms in total. The first-order valence-electron chi connectivity index (χ1n) is 10.2. The Bertz CT molecular complexity index is 1100. The molecule has 0 saturated carbocycles. The van der Waals surface area contributed by atoms with E-state index in [-0.39, 0.29) is 5.56 Å². The molecule has 0 fully saturated rings. The van der Waals surface area contributed by atoms with Crippen molar-refractivity contribution in [1.29, 1.82) is 0 Å². The molecule has 3 aromatic rings. The van der Waals surface area contributed by atoms with Crippen LogP contribution < -0.4 is 4.74 Å². The number of carboxylic acids is 1. The Labute approximate surface area is 194 Å². The van der Waals surface area contributed by atoms with E-state index in [0.717, 1.165) is 27.2 Å². The number of thioether (sulfide) groups is 1. The third-order valence-corrected chi connectivity index (χ3v) is 5.98. The van der Waals surface area contributed by atoms with Gasteiger partial charge < -0.3 is 9.84 Å². The van der Waals surface area contributed by atoms with Crippen LogP contribution in [0.2, 0.25) is 0 Å². The molecule has 1 N–H and O–H groups in total. The van der Waals surface area contributed by atoms with E-state index >= 15 is 0 Å². The summed E-state index contributed by atoms with van der Waals surface area (Å²) in [5, 5.41) is 8.73. The molecule has 0 radical (unpaired) electrons. The van der Waals surface area contributed by atoms with Crippen LogP contribution in [0, 0.1) is 6.92 Å². The maximum Gasteiger partial charge on any atom is 0.341 e. The highest BCUT2D eigenvalue weighted by atomic mass is 32.2. The van der Waals surface area contributed by atoms with Gasteiger partial charge in [-0.15, -0.1) is 11.8 Å². The van der Waals surface area contributed by atoms with E-state index in [4.69, 9.17) is 9.84 Å². The van der Waals surface area contributed by atoms with E-state index in [2.05, 4.69) is 0 Å². The summed E-state index contributed by atoms with van der Waals surface area (Å²) in [5.41, 5.74) is 3.60. The van der Waals surface area contributed by atoms with E-state index in [0.29, 0.717) is 11.5 Å². The second kappa shape index (κ2) is 11.6. The summed E-state index contributed by atoms with van der Waals surface area (Å²) in [5.74, 6) is 0.0917. The summed E-state index contributed by atoms with van der Waals surface area (Å²) in [4.78, 5) is 11.7. The molecule has 33 heavy (non-hydrogen) atoms. The maximum absolute atomic E-state index is 13.7. The third kappa shape index (κ3) is 6.89. The van der Waals surface area contributed by atoms with Crippen molar-refractivity contribution < 1.29 is 27.8 Å². The minimum absolute atomic E-state index is 0.0450. The Morgan fingerprint density at radius 3 is 2.27 bits per heavy atom. The largest absolute Gasteiger partial charge is 0.482 e. The lowest BCUT2D eigenvalue weighted by Gasteiger charge is -2.12. The summed E-state index contributed by atoms with van der Waals surface area (Å²) in [6, 6.07) is 21.2. The lowest BCUT2D eigenvalue weighted by molar-refractivity contribution is -0.139. The molecular weight excluding hydrogens is 449 g/mol. The van der Waals surface area contributed by atoms with Gasteiger partial charge in [-0.2, -0.15) is 0 Å². The minimum Gasteiger partial charge on any atom is -0.482 e. The van der Waals surface area contributed by atoms with Crippen LogP contribution in [-0.2, 0) is 4.79 Å². The van der Waals surface area contributed by atoms with Crippen molar-refractivity contribution in [1.82, 2.24) is 0 Å². The molecule has 0 aliphatic rings. The van der Waals surface area contributed by atoms with Crippen LogP contribution in [-0.4, -0.2) is 29.9 Å². The van der Waals surface area contributed by atoms with Crippen LogP contribution in [0.15, 0.2) is 83.8 Å². The van der Waals surface area contributed by atoms with Gasteiger partial charge in [0.25, 0.3) is 6.43 Å². The molecule has 1 atom stereocenters. The Morgan fingerprint density at radius 2 is 1.67 bits per heavy atom. The van der Waals surface area contributed by atoms with Crippen molar-refractivity contribution in [3.8, 4) is 5.75 Å². The first-order valence-corrected chi connectivity index (χ1v) is 11.2. The molecule has 0 aliphatic carbocycles. The Morgan fingerprint density at radius 1 is 1.00 bits per heavy atom. The summed E-state index contributed by atoms with van der Waals surface area (Å²) >= 11 is 1.60. The van der Waals surface area contributed by atoms with Crippen molar-refractivity contribution in [3.63, 3.8) is 0 Å². The summed E-state index contributed by atoms with van der Waals surface area (Å²) in [7, 11) is 0. The third-order valence-electron chi connectivity index (χ3n) is 4.88. The van der Waals surface area contributed by atoms with Crippen molar-refractivity contribution in [2.24, 2.45) is 0 Å². The van der Waals surface area contributed by atoms with Crippen LogP contribution in [0.5, 0.6) is 5.75 Å². The minimum atomic E-state index is -3.06. The SMILES string of the molecule is Cc1cc(OCC(=O)O)ccc1SCC=C(c1ccccc1)c1ccc(C(F)C(F)F)cc1. The number of alkyl halides is 3. The van der Waals surface area contributed by atoms with Crippen LogP contribution in [0.25, 0.3) is 5.57 Å². The number of aliphatic carboxylic acids is 1. The fourth-order valence-corrected chi connectivity index (χ4v) is 4.13. The highest BCUT2D eigenvalue weighted by Crippen LogP contribution is 2.31. The van der Waals surface area contributed by atoms with Gasteiger partial charge in [0, 0.05) is 10.6 Å². The van der Waals surface area contributed by atoms with E-state index in [1.807, 2.05) is 49.4 Å². The zero-order valence-corrected chi connectivity index (χ0v) is 18.7. The van der Waals surface area contributed by atoms with Crippen LogP contribution in [0.4, 0.5) is 13.2 Å². The zero-order valence-electron chi connectivity index (χ0n) is 17.9. The van der Waals surface area contributed by atoms with E-state index in [1.165, 1.54) is 12.1 Å². The quantitative estimate of drug-likeness (QED) is 0.324. The number of carboxylic acid groups (broad SMARTS) is 1. The predicted molar refractivity (Wildman–Crippen MR) is 125 cm³/mol. The van der Waals surface area contributed by atoms with Gasteiger partial charge in [-0.05, 0) is 52.9 Å². The van der Waals surface area contributed by atoms with Crippen molar-refractivity contribution >= 4 is 23.3 Å². The number of ether oxygens (including phenoxy) is 1. The van der Waals surface area contributed by atoms with Gasteiger partial charge >= 0.3 is 5.97 Å². The van der Waals surface area contributed by atoms with Gasteiger partial charge in [0.05, 0.1) is 0 Å². The molecule has 0 aromatic heterocycles. The topological polar surface area (TPSA) is 46.5 Å². The van der Waals surface area contributed by atoms with Gasteiger partial charge in [-0.25, -0.2) is 18.0 Å². The Balaban J connectivity index is 1.78. The summed E-state index contributed by atoms with van der Waals surface area (Å²) in [6.07, 6.45) is -3.31. The Kier molecular flexibility index (Phi) is 8.60. The van der Waals surface area contributed by atoms with Gasteiger partial charge in [-0.1, -0.05) is 60.7 Å². The molecule has 3 rings (SSSR count). The molecule has 7 heteroatoms. The average Bonchev–Trinajstić information content (AvgIpc) is 2.81.